The maximum atomic E-state index is 10.7. The molecule has 0 aliphatic rings. The van der Waals surface area contributed by atoms with Gasteiger partial charge in [-0.15, -0.1) is 0 Å². The Balaban J connectivity index is 2.62. The highest BCUT2D eigenvalue weighted by molar-refractivity contribution is 9.10. The van der Waals surface area contributed by atoms with E-state index in [1.54, 1.807) is 6.92 Å². The van der Waals surface area contributed by atoms with Crippen LogP contribution in [-0.4, -0.2) is 28.0 Å². The van der Waals surface area contributed by atoms with Crippen LogP contribution in [0.3, 0.4) is 0 Å². The van der Waals surface area contributed by atoms with Gasteiger partial charge in [0, 0.05) is 12.1 Å². The van der Waals surface area contributed by atoms with E-state index in [0.717, 1.165) is 24.5 Å². The van der Waals surface area contributed by atoms with Crippen LogP contribution >= 0.6 is 27.7 Å². The molecule has 1 aromatic heterocycles. The van der Waals surface area contributed by atoms with Gasteiger partial charge in [0.15, 0.2) is 0 Å². The summed E-state index contributed by atoms with van der Waals surface area (Å²) in [5.74, 6) is 2.89. The molecular weight excluding hydrogens is 318 g/mol. The van der Waals surface area contributed by atoms with Crippen LogP contribution in [0.4, 0.5) is 11.5 Å². The van der Waals surface area contributed by atoms with Crippen molar-refractivity contribution in [2.45, 2.75) is 20.3 Å². The van der Waals surface area contributed by atoms with Crippen molar-refractivity contribution in [2.24, 2.45) is 0 Å². The van der Waals surface area contributed by atoms with Crippen molar-refractivity contribution in [1.82, 2.24) is 4.98 Å². The van der Waals surface area contributed by atoms with E-state index in [4.69, 9.17) is 0 Å². The monoisotopic (exact) mass is 333 g/mol. The Morgan fingerprint density at radius 1 is 1.61 bits per heavy atom. The van der Waals surface area contributed by atoms with Crippen LogP contribution in [-0.2, 0) is 0 Å². The van der Waals surface area contributed by atoms with Crippen molar-refractivity contribution < 1.29 is 4.92 Å². The van der Waals surface area contributed by atoms with Gasteiger partial charge in [0.05, 0.1) is 9.40 Å². The van der Waals surface area contributed by atoms with Crippen molar-refractivity contribution in [3.63, 3.8) is 0 Å². The summed E-state index contributed by atoms with van der Waals surface area (Å²) in [5.41, 5.74) is 0.634. The average Bonchev–Trinajstić information content (AvgIpc) is 2.33. The third-order valence-electron chi connectivity index (χ3n) is 2.40. The summed E-state index contributed by atoms with van der Waals surface area (Å²) in [6.07, 6.45) is 2.34. The lowest BCUT2D eigenvalue weighted by Crippen LogP contribution is -2.06. The number of rotatable bonds is 7. The van der Waals surface area contributed by atoms with Crippen molar-refractivity contribution in [1.29, 1.82) is 0 Å². The first-order valence-corrected chi connectivity index (χ1v) is 7.63. The molecule has 0 saturated heterocycles. The van der Waals surface area contributed by atoms with Gasteiger partial charge in [-0.25, -0.2) is 4.98 Å². The molecule has 1 aromatic rings. The lowest BCUT2D eigenvalue weighted by Gasteiger charge is -2.09. The standard InChI is InChI=1S/C11H16BrN3O2S/c1-3-18-6-4-5-13-11-10(12)8(2)9(7-14-11)15(16)17/h7H,3-6H2,1-2H3,(H,13,14). The second-order valence-electron chi connectivity index (χ2n) is 3.67. The number of hydrogen-bond acceptors (Lipinski definition) is 5. The van der Waals surface area contributed by atoms with Crippen LogP contribution in [0.5, 0.6) is 0 Å². The third-order valence-corrected chi connectivity index (χ3v) is 4.35. The minimum absolute atomic E-state index is 0.0361. The van der Waals surface area contributed by atoms with Gasteiger partial charge in [0.2, 0.25) is 0 Å². The molecule has 18 heavy (non-hydrogen) atoms. The quantitative estimate of drug-likeness (QED) is 0.469. The highest BCUT2D eigenvalue weighted by Gasteiger charge is 2.16. The zero-order valence-electron chi connectivity index (χ0n) is 10.4. The summed E-state index contributed by atoms with van der Waals surface area (Å²) >= 11 is 5.24. The zero-order valence-corrected chi connectivity index (χ0v) is 12.8. The van der Waals surface area contributed by atoms with E-state index in [9.17, 15) is 10.1 Å². The van der Waals surface area contributed by atoms with Crippen LogP contribution in [0, 0.1) is 17.0 Å². The molecule has 0 unspecified atom stereocenters. The lowest BCUT2D eigenvalue weighted by atomic mass is 10.2. The highest BCUT2D eigenvalue weighted by atomic mass is 79.9. The Morgan fingerprint density at radius 2 is 2.33 bits per heavy atom. The average molecular weight is 334 g/mol. The van der Waals surface area contributed by atoms with Crippen molar-refractivity contribution in [2.75, 3.05) is 23.4 Å². The topological polar surface area (TPSA) is 68.1 Å². The number of thioether (sulfide) groups is 1. The third kappa shape index (κ3) is 4.13. The number of nitro groups is 1. The summed E-state index contributed by atoms with van der Waals surface area (Å²) in [6.45, 7) is 4.66. The van der Waals surface area contributed by atoms with E-state index in [1.165, 1.54) is 6.20 Å². The molecule has 0 fully saturated rings. The first-order chi connectivity index (χ1) is 8.57. The van der Waals surface area contributed by atoms with Gasteiger partial charge in [-0.2, -0.15) is 11.8 Å². The Kier molecular flexibility index (Phi) is 6.42. The summed E-state index contributed by atoms with van der Waals surface area (Å²) in [4.78, 5) is 14.4. The van der Waals surface area contributed by atoms with Crippen LogP contribution in [0.1, 0.15) is 18.9 Å². The minimum atomic E-state index is -0.422. The minimum Gasteiger partial charge on any atom is -0.369 e. The molecule has 1 rings (SSSR count). The molecular formula is C11H16BrN3O2S. The summed E-state index contributed by atoms with van der Waals surface area (Å²) in [5, 5.41) is 13.9. The Hall–Kier alpha value is -0.820. The maximum absolute atomic E-state index is 10.7. The predicted molar refractivity (Wildman–Crippen MR) is 79.4 cm³/mol. The van der Waals surface area contributed by atoms with Gasteiger partial charge in [-0.3, -0.25) is 10.1 Å². The largest absolute Gasteiger partial charge is 0.369 e. The predicted octanol–water partition coefficient (Wildman–Crippen LogP) is 3.62. The van der Waals surface area contributed by atoms with Gasteiger partial charge < -0.3 is 5.32 Å². The molecule has 0 aromatic carbocycles. The second-order valence-corrected chi connectivity index (χ2v) is 5.85. The van der Waals surface area contributed by atoms with Crippen molar-refractivity contribution >= 4 is 39.2 Å². The van der Waals surface area contributed by atoms with E-state index in [1.807, 2.05) is 11.8 Å². The molecule has 0 aliphatic heterocycles. The number of aromatic nitrogens is 1. The van der Waals surface area contributed by atoms with Gasteiger partial charge >= 0.3 is 0 Å². The molecule has 1 N–H and O–H groups in total. The fraction of sp³-hybridized carbons (Fsp3) is 0.545. The summed E-state index contributed by atoms with van der Waals surface area (Å²) in [7, 11) is 0. The normalized spacial score (nSPS) is 10.4. The van der Waals surface area contributed by atoms with Crippen LogP contribution in [0.2, 0.25) is 0 Å². The molecule has 0 radical (unpaired) electrons. The highest BCUT2D eigenvalue weighted by Crippen LogP contribution is 2.30. The fourth-order valence-electron chi connectivity index (χ4n) is 1.40. The molecule has 0 atom stereocenters. The Labute approximate surface area is 119 Å². The SMILES string of the molecule is CCSCCCNc1ncc([N+](=O)[O-])c(C)c1Br. The number of anilines is 1. The first-order valence-electron chi connectivity index (χ1n) is 5.69. The molecule has 0 spiro atoms. The lowest BCUT2D eigenvalue weighted by molar-refractivity contribution is -0.385. The van der Waals surface area contributed by atoms with Gasteiger partial charge in [0.25, 0.3) is 5.69 Å². The van der Waals surface area contributed by atoms with Gasteiger partial charge in [-0.05, 0) is 40.8 Å². The number of halogens is 1. The van der Waals surface area contributed by atoms with Gasteiger partial charge in [-0.1, -0.05) is 6.92 Å². The summed E-state index contributed by atoms with van der Waals surface area (Å²) in [6, 6.07) is 0. The molecule has 0 bridgehead atoms. The van der Waals surface area contributed by atoms with Crippen molar-refractivity contribution in [3.8, 4) is 0 Å². The van der Waals surface area contributed by atoms with Gasteiger partial charge in [0.1, 0.15) is 12.0 Å². The summed E-state index contributed by atoms with van der Waals surface area (Å²) < 4.78 is 0.667. The molecule has 0 amide bonds. The maximum Gasteiger partial charge on any atom is 0.291 e. The van der Waals surface area contributed by atoms with Crippen LogP contribution in [0.15, 0.2) is 10.7 Å². The number of nitrogens with zero attached hydrogens (tertiary/aromatic N) is 2. The molecule has 7 heteroatoms. The molecule has 0 aliphatic carbocycles. The smallest absolute Gasteiger partial charge is 0.291 e. The molecule has 100 valence electrons. The van der Waals surface area contributed by atoms with E-state index >= 15 is 0 Å². The van der Waals surface area contributed by atoms with E-state index in [-0.39, 0.29) is 5.69 Å². The number of hydrogen-bond donors (Lipinski definition) is 1. The Bertz CT molecular complexity index is 429. The van der Waals surface area contributed by atoms with Crippen LogP contribution in [0.25, 0.3) is 0 Å². The number of nitrogens with one attached hydrogen (secondary N) is 1. The van der Waals surface area contributed by atoms with Crippen molar-refractivity contribution in [3.05, 3.63) is 26.3 Å². The Morgan fingerprint density at radius 3 is 2.94 bits per heavy atom. The first kappa shape index (κ1) is 15.2. The fourth-order valence-corrected chi connectivity index (χ4v) is 2.48. The molecule has 1 heterocycles. The zero-order chi connectivity index (χ0) is 13.5. The van der Waals surface area contributed by atoms with E-state index in [2.05, 4.69) is 33.2 Å². The molecule has 0 saturated carbocycles. The second kappa shape index (κ2) is 7.58. The van der Waals surface area contributed by atoms with E-state index < -0.39 is 4.92 Å². The molecule has 5 nitrogen and oxygen atoms in total. The van der Waals surface area contributed by atoms with Crippen LogP contribution < -0.4 is 5.32 Å². The number of pyridine rings is 1. The van der Waals surface area contributed by atoms with E-state index in [0.29, 0.717) is 15.9 Å².